The van der Waals surface area contributed by atoms with E-state index in [4.69, 9.17) is 0 Å². The van der Waals surface area contributed by atoms with Gasteiger partial charge in [-0.05, 0) is 333 Å². The second kappa shape index (κ2) is 30.6. The molecule has 0 amide bonds. The molecule has 26 aromatic rings. The van der Waals surface area contributed by atoms with Crippen molar-refractivity contribution >= 4 is 138 Å². The van der Waals surface area contributed by atoms with E-state index in [0.29, 0.717) is 0 Å². The summed E-state index contributed by atoms with van der Waals surface area (Å²) < 4.78 is 5.32. The first-order valence-electron chi connectivity index (χ1n) is 45.6. The molecule has 0 aliphatic heterocycles. The van der Waals surface area contributed by atoms with E-state index in [1.54, 1.807) is 0 Å². The quantitative estimate of drug-likeness (QED) is 0.135. The van der Waals surface area contributed by atoms with Gasteiger partial charge in [0.15, 0.2) is 0 Å². The van der Waals surface area contributed by atoms with Crippen LogP contribution < -0.4 is 0 Å². The van der Waals surface area contributed by atoms with Crippen LogP contribution >= 0.6 is 22.7 Å². The molecule has 0 saturated heterocycles. The maximum Gasteiger partial charge on any atom is 0.0361 e. The van der Waals surface area contributed by atoms with Crippen molar-refractivity contribution in [2.45, 2.75) is 0 Å². The molecule has 0 N–H and O–H groups in total. The monoisotopic (exact) mass is 1700 g/mol. The summed E-state index contributed by atoms with van der Waals surface area (Å²) >= 11 is 3.77. The molecule has 2 aromatic heterocycles. The predicted molar refractivity (Wildman–Crippen MR) is 570 cm³/mol. The summed E-state index contributed by atoms with van der Waals surface area (Å²) in [6, 6.07) is 175. The highest BCUT2D eigenvalue weighted by molar-refractivity contribution is 7.26. The second-order valence-corrected chi connectivity index (χ2v) is 37.6. The summed E-state index contributed by atoms with van der Waals surface area (Å²) in [5.74, 6) is 0. The molecule has 29 rings (SSSR count). The highest BCUT2D eigenvalue weighted by Gasteiger charge is 2.28. The zero-order valence-corrected chi connectivity index (χ0v) is 73.5. The van der Waals surface area contributed by atoms with Crippen LogP contribution in [0, 0.1) is 0 Å². The minimum absolute atomic E-state index is 1.24. The Labute approximate surface area is 772 Å². The Bertz CT molecular complexity index is 9100. The fourth-order valence-corrected chi connectivity index (χ4v) is 24.3. The molecule has 610 valence electrons. The summed E-state index contributed by atoms with van der Waals surface area (Å²) in [7, 11) is 0. The maximum absolute atomic E-state index is 2.43. The summed E-state index contributed by atoms with van der Waals surface area (Å²) in [5, 5.41) is 23.5. The lowest BCUT2D eigenvalue weighted by Gasteiger charge is -2.15. The van der Waals surface area contributed by atoms with Crippen molar-refractivity contribution in [3.05, 3.63) is 473 Å². The van der Waals surface area contributed by atoms with E-state index in [1.807, 2.05) is 22.7 Å². The molecule has 132 heavy (non-hydrogen) atoms. The predicted octanol–water partition coefficient (Wildman–Crippen LogP) is 37.8. The Morgan fingerprint density at radius 3 is 0.833 bits per heavy atom. The fraction of sp³-hybridized carbons (Fsp3) is 0. The van der Waals surface area contributed by atoms with Crippen molar-refractivity contribution in [3.8, 4) is 167 Å². The summed E-state index contributed by atoms with van der Waals surface area (Å²) in [4.78, 5) is 0. The lowest BCUT2D eigenvalue weighted by atomic mass is 9.88. The van der Waals surface area contributed by atoms with Crippen molar-refractivity contribution < 1.29 is 0 Å². The highest BCUT2D eigenvalue weighted by atomic mass is 32.1. The van der Waals surface area contributed by atoms with Crippen molar-refractivity contribution in [1.29, 1.82) is 0 Å². The molecule has 0 fully saturated rings. The Kier molecular flexibility index (Phi) is 17.6. The van der Waals surface area contributed by atoms with Crippen LogP contribution in [0.2, 0.25) is 0 Å². The van der Waals surface area contributed by atoms with Crippen molar-refractivity contribution in [2.24, 2.45) is 0 Å². The van der Waals surface area contributed by atoms with E-state index >= 15 is 0 Å². The van der Waals surface area contributed by atoms with Crippen LogP contribution in [0.4, 0.5) is 0 Å². The minimum atomic E-state index is 1.24. The normalized spacial score (nSPS) is 11.9. The Morgan fingerprint density at radius 1 is 0.0985 bits per heavy atom. The number of rotatable bonds is 9. The first-order chi connectivity index (χ1) is 65.4. The SMILES string of the molecule is c1ccc(-c2ccc3c(-c4cccc(-c5ccc6c7c(cccc57)-c5ccccc5-6)c4)cccc3c2)cc1.c1ccc(-c2ccc3cc(-c4ccc5cc(-c6ccc7c8c(cccc68)-c6cc8ccccc8cc6-7)ccc5c4)ccc3c2)cc1.c1ccc2c(c1)-c1cccc3c(-c4cc(-c5cccc6sc7ccccc7c56)cc(-c5cccc6sc7ccccc7c56)c4)ccc-2c13. The Hall–Kier alpha value is -16.5. The lowest BCUT2D eigenvalue weighted by Crippen LogP contribution is -1.89. The smallest absolute Gasteiger partial charge is 0.0361 e. The van der Waals surface area contributed by atoms with Gasteiger partial charge in [-0.2, -0.15) is 0 Å². The van der Waals surface area contributed by atoms with Crippen LogP contribution in [0.25, 0.3) is 283 Å². The van der Waals surface area contributed by atoms with Gasteiger partial charge in [0.1, 0.15) is 0 Å². The zero-order valence-electron chi connectivity index (χ0n) is 71.8. The van der Waals surface area contributed by atoms with Crippen molar-refractivity contribution in [3.63, 3.8) is 0 Å². The standard InChI is InChI=1S/C46H26S2.C46H28.C38H24/c1-2-11-34-33(10-1)36-17-7-16-35-30(22-23-37(34)44(35)36)27-24-28(31-14-8-20-42-45(31)38-12-3-5-18-40(38)47-42)26-29(25-27)32-15-9-21-43-46(32)39-13-4-6-19-41(39)48-43;1-2-7-29(8-3-1)32-13-14-34-24-35(16-15-33(34)23-32)36-17-18-38-26-39(20-19-37(38)25-36)40-21-22-43-45-28-31-10-5-4-9-30(31)27-44(45)42-12-6-11-41(40)46(42)43;1-2-9-25(10-3-1)26-19-20-31-27(23-26)13-7-16-30(31)28-11-6-12-29(24-28)32-21-22-37-34-15-5-4-14-33(34)36-18-8-17-35(32)38(36)37/h1-26H;1-28H;1-24H. The van der Waals surface area contributed by atoms with Crippen LogP contribution in [0.3, 0.4) is 0 Å². The molecule has 0 bridgehead atoms. The summed E-state index contributed by atoms with van der Waals surface area (Å²) in [6.07, 6.45) is 0. The average Bonchev–Trinajstić information content (AvgIpc) is 1.64. The molecular formula is C130H78S2. The lowest BCUT2D eigenvalue weighted by molar-refractivity contribution is 1.62. The molecule has 0 spiro atoms. The van der Waals surface area contributed by atoms with Gasteiger partial charge in [-0.1, -0.05) is 382 Å². The largest absolute Gasteiger partial charge is 0.135 e. The molecule has 2 heteroatoms. The van der Waals surface area contributed by atoms with E-state index in [0.717, 1.165) is 0 Å². The Balaban J connectivity index is 0.000000102. The molecule has 24 aromatic carbocycles. The molecule has 0 radical (unpaired) electrons. The van der Waals surface area contributed by atoms with Gasteiger partial charge in [-0.15, -0.1) is 22.7 Å². The molecule has 0 atom stereocenters. The third-order valence-corrected chi connectivity index (χ3v) is 30.5. The summed E-state index contributed by atoms with van der Waals surface area (Å²) in [6.45, 7) is 0. The van der Waals surface area contributed by atoms with Gasteiger partial charge in [-0.3, -0.25) is 0 Å². The number of benzene rings is 24. The average molecular weight is 1700 g/mol. The number of fused-ring (bicyclic) bond motifs is 19. The van der Waals surface area contributed by atoms with Crippen molar-refractivity contribution in [1.82, 2.24) is 0 Å². The zero-order chi connectivity index (χ0) is 86.6. The third kappa shape index (κ3) is 12.4. The van der Waals surface area contributed by atoms with Gasteiger partial charge < -0.3 is 0 Å². The molecule has 2 heterocycles. The number of thiophene rings is 2. The van der Waals surface area contributed by atoms with Gasteiger partial charge in [0.2, 0.25) is 0 Å². The van der Waals surface area contributed by atoms with E-state index in [2.05, 4.69) is 473 Å². The van der Waals surface area contributed by atoms with Crippen LogP contribution in [0.1, 0.15) is 0 Å². The van der Waals surface area contributed by atoms with Gasteiger partial charge in [0, 0.05) is 40.3 Å². The summed E-state index contributed by atoms with van der Waals surface area (Å²) in [5.41, 5.74) is 38.7. The molecule has 0 unspecified atom stereocenters. The van der Waals surface area contributed by atoms with Crippen LogP contribution in [0.5, 0.6) is 0 Å². The van der Waals surface area contributed by atoms with E-state index in [9.17, 15) is 0 Å². The van der Waals surface area contributed by atoms with Gasteiger partial charge in [0.05, 0.1) is 0 Å². The third-order valence-electron chi connectivity index (χ3n) is 28.2. The van der Waals surface area contributed by atoms with E-state index in [1.165, 1.54) is 283 Å². The maximum atomic E-state index is 2.43. The Morgan fingerprint density at radius 2 is 0.356 bits per heavy atom. The first-order valence-corrected chi connectivity index (χ1v) is 47.3. The fourth-order valence-electron chi connectivity index (χ4n) is 22.1. The molecule has 0 saturated carbocycles. The van der Waals surface area contributed by atoms with Gasteiger partial charge >= 0.3 is 0 Å². The second-order valence-electron chi connectivity index (χ2n) is 35.5. The number of hydrogen-bond acceptors (Lipinski definition) is 2. The van der Waals surface area contributed by atoms with Crippen LogP contribution in [0.15, 0.2) is 473 Å². The molecule has 0 nitrogen and oxygen atoms in total. The highest BCUT2D eigenvalue weighted by Crippen LogP contribution is 2.56. The molecule has 3 aliphatic rings. The van der Waals surface area contributed by atoms with Crippen LogP contribution in [-0.2, 0) is 0 Å². The number of hydrogen-bond donors (Lipinski definition) is 0. The van der Waals surface area contributed by atoms with Crippen LogP contribution in [-0.4, -0.2) is 0 Å². The molecular weight excluding hydrogens is 1630 g/mol. The molecule has 3 aliphatic carbocycles. The first kappa shape index (κ1) is 75.7. The van der Waals surface area contributed by atoms with Crippen molar-refractivity contribution in [2.75, 3.05) is 0 Å². The van der Waals surface area contributed by atoms with Gasteiger partial charge in [-0.25, -0.2) is 0 Å². The van der Waals surface area contributed by atoms with Gasteiger partial charge in [0.25, 0.3) is 0 Å². The topological polar surface area (TPSA) is 0 Å². The minimum Gasteiger partial charge on any atom is -0.135 e. The van der Waals surface area contributed by atoms with E-state index in [-0.39, 0.29) is 0 Å². The van der Waals surface area contributed by atoms with E-state index < -0.39 is 0 Å².